The predicted octanol–water partition coefficient (Wildman–Crippen LogP) is 1.85. The lowest BCUT2D eigenvalue weighted by Crippen LogP contribution is -2.11. The van der Waals surface area contributed by atoms with Crippen LogP contribution in [0.25, 0.3) is 0 Å². The van der Waals surface area contributed by atoms with Crippen LogP contribution in [-0.2, 0) is 10.9 Å². The van der Waals surface area contributed by atoms with Crippen LogP contribution in [0.15, 0.2) is 24.3 Å². The maximum Gasteiger partial charge on any atom is 0.416 e. The third-order valence-electron chi connectivity index (χ3n) is 1.75. The molecule has 0 heterocycles. The molecule has 0 unspecified atom stereocenters. The summed E-state index contributed by atoms with van der Waals surface area (Å²) in [6, 6.07) is 3.91. The first-order chi connectivity index (χ1) is 7.45. The topological polar surface area (TPSA) is 46.5 Å². The molecular weight excluding hydrogens is 225 g/mol. The highest BCUT2D eigenvalue weighted by atomic mass is 19.4. The third-order valence-corrected chi connectivity index (χ3v) is 1.75. The number of esters is 1. The van der Waals surface area contributed by atoms with Gasteiger partial charge in [-0.15, -0.1) is 0 Å². The van der Waals surface area contributed by atoms with E-state index in [4.69, 9.17) is 5.11 Å². The Balaban J connectivity index is 2.86. The second-order valence-corrected chi connectivity index (χ2v) is 2.94. The summed E-state index contributed by atoms with van der Waals surface area (Å²) in [5, 5.41) is 8.39. The largest absolute Gasteiger partial charge is 0.460 e. The molecule has 3 nitrogen and oxygen atoms in total. The summed E-state index contributed by atoms with van der Waals surface area (Å²) in [5.74, 6) is -0.889. The number of rotatable bonds is 3. The molecule has 0 aliphatic carbocycles. The number of carbonyl (C=O) groups is 1. The summed E-state index contributed by atoms with van der Waals surface area (Å²) in [5.41, 5.74) is -1.10. The molecule has 1 aromatic rings. The number of aliphatic hydroxyl groups is 1. The minimum absolute atomic E-state index is 0.191. The van der Waals surface area contributed by atoms with E-state index >= 15 is 0 Å². The highest BCUT2D eigenvalue weighted by Gasteiger charge is 2.30. The minimum Gasteiger partial charge on any atom is -0.460 e. The first kappa shape index (κ1) is 12.5. The number of benzene rings is 1. The molecule has 0 saturated heterocycles. The molecule has 0 aliphatic heterocycles. The van der Waals surface area contributed by atoms with Crippen molar-refractivity contribution in [1.29, 1.82) is 0 Å². The van der Waals surface area contributed by atoms with Gasteiger partial charge in [0, 0.05) is 0 Å². The Hall–Kier alpha value is -1.56. The molecule has 88 valence electrons. The number of aliphatic hydroxyl groups excluding tert-OH is 1. The van der Waals surface area contributed by atoms with Crippen LogP contribution >= 0.6 is 0 Å². The van der Waals surface area contributed by atoms with Gasteiger partial charge in [-0.25, -0.2) is 4.79 Å². The maximum absolute atomic E-state index is 12.3. The highest BCUT2D eigenvalue weighted by Crippen LogP contribution is 2.29. The lowest BCUT2D eigenvalue weighted by molar-refractivity contribution is -0.137. The molecule has 0 aliphatic rings. The molecule has 0 atom stereocenters. The highest BCUT2D eigenvalue weighted by molar-refractivity contribution is 5.89. The Morgan fingerprint density at radius 2 is 2.06 bits per heavy atom. The van der Waals surface area contributed by atoms with Crippen molar-refractivity contribution in [3.8, 4) is 0 Å². The van der Waals surface area contributed by atoms with Gasteiger partial charge < -0.3 is 9.84 Å². The second-order valence-electron chi connectivity index (χ2n) is 2.94. The molecule has 0 amide bonds. The molecule has 16 heavy (non-hydrogen) atoms. The molecule has 0 bridgehead atoms. The smallest absolute Gasteiger partial charge is 0.416 e. The number of hydrogen-bond donors (Lipinski definition) is 1. The van der Waals surface area contributed by atoms with Crippen LogP contribution in [0.1, 0.15) is 15.9 Å². The molecular formula is C10H9F3O3. The van der Waals surface area contributed by atoms with E-state index in [1.54, 1.807) is 0 Å². The number of ether oxygens (including phenoxy) is 1. The van der Waals surface area contributed by atoms with E-state index in [0.29, 0.717) is 6.07 Å². The van der Waals surface area contributed by atoms with Crippen LogP contribution in [0.4, 0.5) is 13.2 Å². The van der Waals surface area contributed by atoms with Gasteiger partial charge in [-0.3, -0.25) is 0 Å². The second kappa shape index (κ2) is 4.98. The van der Waals surface area contributed by atoms with Crippen molar-refractivity contribution in [2.75, 3.05) is 13.2 Å². The zero-order valence-corrected chi connectivity index (χ0v) is 8.12. The molecule has 1 rings (SSSR count). The Kier molecular flexibility index (Phi) is 3.89. The summed E-state index contributed by atoms with van der Waals surface area (Å²) in [6.07, 6.45) is -4.49. The van der Waals surface area contributed by atoms with Gasteiger partial charge in [0.25, 0.3) is 0 Å². The van der Waals surface area contributed by atoms with Gasteiger partial charge in [0.15, 0.2) is 0 Å². The summed E-state index contributed by atoms with van der Waals surface area (Å²) in [4.78, 5) is 11.2. The quantitative estimate of drug-likeness (QED) is 0.812. The van der Waals surface area contributed by atoms with Gasteiger partial charge >= 0.3 is 12.1 Å². The SMILES string of the molecule is O=C(OCCO)c1cccc(C(F)(F)F)c1. The van der Waals surface area contributed by atoms with E-state index in [2.05, 4.69) is 4.74 Å². The lowest BCUT2D eigenvalue weighted by Gasteiger charge is -2.08. The monoisotopic (exact) mass is 234 g/mol. The molecule has 0 spiro atoms. The Morgan fingerprint density at radius 1 is 1.38 bits per heavy atom. The van der Waals surface area contributed by atoms with Crippen LogP contribution in [0, 0.1) is 0 Å². The van der Waals surface area contributed by atoms with E-state index in [1.165, 1.54) is 6.07 Å². The predicted molar refractivity (Wildman–Crippen MR) is 48.8 cm³/mol. The number of halogens is 3. The zero-order valence-electron chi connectivity index (χ0n) is 8.12. The van der Waals surface area contributed by atoms with Gasteiger partial charge in [-0.1, -0.05) is 6.07 Å². The van der Waals surface area contributed by atoms with Crippen LogP contribution in [0.3, 0.4) is 0 Å². The van der Waals surface area contributed by atoms with Gasteiger partial charge in [-0.2, -0.15) is 13.2 Å². The van der Waals surface area contributed by atoms with Gasteiger partial charge in [-0.05, 0) is 18.2 Å². The summed E-state index contributed by atoms with van der Waals surface area (Å²) >= 11 is 0. The van der Waals surface area contributed by atoms with Crippen molar-refractivity contribution >= 4 is 5.97 Å². The summed E-state index contributed by atoms with van der Waals surface area (Å²) in [6.45, 7) is -0.611. The van der Waals surface area contributed by atoms with Crippen molar-refractivity contribution in [1.82, 2.24) is 0 Å². The Bertz CT molecular complexity index is 374. The molecule has 0 aromatic heterocycles. The van der Waals surface area contributed by atoms with Gasteiger partial charge in [0.05, 0.1) is 17.7 Å². The number of alkyl halides is 3. The van der Waals surface area contributed by atoms with Crippen LogP contribution < -0.4 is 0 Å². The normalized spacial score (nSPS) is 11.2. The van der Waals surface area contributed by atoms with E-state index in [1.807, 2.05) is 0 Å². The Labute approximate surface area is 89.5 Å². The van der Waals surface area contributed by atoms with Gasteiger partial charge in [0.2, 0.25) is 0 Å². The number of hydrogen-bond acceptors (Lipinski definition) is 3. The molecule has 1 N–H and O–H groups in total. The lowest BCUT2D eigenvalue weighted by atomic mass is 10.1. The summed E-state index contributed by atoms with van der Waals surface area (Å²) in [7, 11) is 0. The fourth-order valence-corrected chi connectivity index (χ4v) is 1.04. The molecule has 0 saturated carbocycles. The maximum atomic E-state index is 12.3. The van der Waals surface area contributed by atoms with Crippen LogP contribution in [0.2, 0.25) is 0 Å². The average molecular weight is 234 g/mol. The molecule has 0 fully saturated rings. The first-order valence-electron chi connectivity index (χ1n) is 4.40. The van der Waals surface area contributed by atoms with Crippen molar-refractivity contribution in [2.24, 2.45) is 0 Å². The minimum atomic E-state index is -4.49. The standard InChI is InChI=1S/C10H9F3O3/c11-10(12,13)8-3-1-2-7(6-8)9(15)16-5-4-14/h1-3,6,14H,4-5H2. The van der Waals surface area contributed by atoms with Crippen LogP contribution in [-0.4, -0.2) is 24.3 Å². The Morgan fingerprint density at radius 3 is 2.62 bits per heavy atom. The third kappa shape index (κ3) is 3.23. The van der Waals surface area contributed by atoms with Crippen molar-refractivity contribution in [3.63, 3.8) is 0 Å². The van der Waals surface area contributed by atoms with Crippen molar-refractivity contribution in [2.45, 2.75) is 6.18 Å². The van der Waals surface area contributed by atoms with Crippen LogP contribution in [0.5, 0.6) is 0 Å². The van der Waals surface area contributed by atoms with E-state index in [9.17, 15) is 18.0 Å². The number of carbonyl (C=O) groups excluding carboxylic acids is 1. The molecule has 6 heteroatoms. The zero-order chi connectivity index (χ0) is 12.2. The molecule has 0 radical (unpaired) electrons. The first-order valence-corrected chi connectivity index (χ1v) is 4.40. The fourth-order valence-electron chi connectivity index (χ4n) is 1.04. The van der Waals surface area contributed by atoms with E-state index in [-0.39, 0.29) is 18.8 Å². The van der Waals surface area contributed by atoms with E-state index in [0.717, 1.165) is 12.1 Å². The average Bonchev–Trinajstić information content (AvgIpc) is 2.25. The summed E-state index contributed by atoms with van der Waals surface area (Å²) < 4.78 is 41.4. The fraction of sp³-hybridized carbons (Fsp3) is 0.300. The van der Waals surface area contributed by atoms with Crippen molar-refractivity contribution in [3.05, 3.63) is 35.4 Å². The van der Waals surface area contributed by atoms with Gasteiger partial charge in [0.1, 0.15) is 6.61 Å². The molecule has 1 aromatic carbocycles. The van der Waals surface area contributed by atoms with E-state index < -0.39 is 17.7 Å². The van der Waals surface area contributed by atoms with Crippen molar-refractivity contribution < 1.29 is 27.8 Å².